The third kappa shape index (κ3) is 4.74. The van der Waals surface area contributed by atoms with Crippen molar-refractivity contribution in [2.45, 2.75) is 20.3 Å². The number of amides is 2. The maximum atomic E-state index is 12.2. The number of piperazine rings is 1. The molecule has 0 saturated carbocycles. The fourth-order valence-electron chi connectivity index (χ4n) is 3.47. The first-order chi connectivity index (χ1) is 13.6. The van der Waals surface area contributed by atoms with E-state index < -0.39 is 0 Å². The largest absolute Gasteiger partial charge is 0.482 e. The molecule has 0 atom stereocenters. The Bertz CT molecular complexity index is 728. The highest BCUT2D eigenvalue weighted by molar-refractivity contribution is 5.97. The van der Waals surface area contributed by atoms with E-state index >= 15 is 0 Å². The van der Waals surface area contributed by atoms with E-state index in [0.717, 1.165) is 56.5 Å². The van der Waals surface area contributed by atoms with Gasteiger partial charge in [0, 0.05) is 52.7 Å². The van der Waals surface area contributed by atoms with Gasteiger partial charge >= 0.3 is 0 Å². The van der Waals surface area contributed by atoms with Gasteiger partial charge in [-0.2, -0.15) is 0 Å². The lowest BCUT2D eigenvalue weighted by molar-refractivity contribution is -0.130. The van der Waals surface area contributed by atoms with E-state index in [2.05, 4.69) is 10.2 Å². The fraction of sp³-hybridized carbons (Fsp3) is 0.550. The van der Waals surface area contributed by atoms with E-state index in [1.54, 1.807) is 11.8 Å². The number of nitrogens with one attached hydrogen (secondary N) is 1. The summed E-state index contributed by atoms with van der Waals surface area (Å²) in [6.07, 6.45) is 0.766. The molecule has 0 aliphatic carbocycles. The lowest BCUT2D eigenvalue weighted by Gasteiger charge is -2.36. The summed E-state index contributed by atoms with van der Waals surface area (Å²) in [5, 5.41) is 3.33. The number of nitrogens with zero attached hydrogens (tertiary/aromatic N) is 4. The normalized spacial score (nSPS) is 17.3. The number of fused-ring (bicyclic) bond motifs is 1. The molecule has 1 fully saturated rings. The number of hydrogen-bond acceptors (Lipinski definition) is 4. The topological polar surface area (TPSA) is 77.5 Å². The Morgan fingerprint density at radius 3 is 2.61 bits per heavy atom. The summed E-state index contributed by atoms with van der Waals surface area (Å²) in [7, 11) is 0. The Labute approximate surface area is 166 Å². The van der Waals surface area contributed by atoms with Gasteiger partial charge in [-0.3, -0.25) is 14.6 Å². The maximum absolute atomic E-state index is 12.2. The molecule has 2 amide bonds. The van der Waals surface area contributed by atoms with Crippen LogP contribution < -0.4 is 15.0 Å². The van der Waals surface area contributed by atoms with Gasteiger partial charge in [0.2, 0.25) is 5.91 Å². The molecule has 3 rings (SSSR count). The molecule has 1 N–H and O–H groups in total. The first kappa shape index (κ1) is 20.0. The van der Waals surface area contributed by atoms with Crippen LogP contribution in [0.1, 0.15) is 20.3 Å². The molecule has 152 valence electrons. The second-order valence-corrected chi connectivity index (χ2v) is 6.88. The van der Waals surface area contributed by atoms with Crippen molar-refractivity contribution >= 4 is 23.5 Å². The van der Waals surface area contributed by atoms with Crippen molar-refractivity contribution in [1.29, 1.82) is 0 Å². The van der Waals surface area contributed by atoms with Crippen LogP contribution in [0.3, 0.4) is 0 Å². The monoisotopic (exact) mass is 387 g/mol. The number of aliphatic imine (C=N–C) groups is 1. The first-order valence-electron chi connectivity index (χ1n) is 9.91. The highest BCUT2D eigenvalue weighted by atomic mass is 16.5. The Balaban J connectivity index is 1.55. The van der Waals surface area contributed by atoms with Gasteiger partial charge in [-0.15, -0.1) is 0 Å². The summed E-state index contributed by atoms with van der Waals surface area (Å²) in [5.41, 5.74) is 0.829. The third-order valence-electron chi connectivity index (χ3n) is 4.97. The van der Waals surface area contributed by atoms with Crippen LogP contribution in [0, 0.1) is 0 Å². The molecule has 1 aromatic rings. The van der Waals surface area contributed by atoms with E-state index in [-0.39, 0.29) is 18.4 Å². The van der Waals surface area contributed by atoms with E-state index in [0.29, 0.717) is 13.1 Å². The Hall–Kier alpha value is -2.77. The molecule has 2 aliphatic heterocycles. The van der Waals surface area contributed by atoms with Crippen LogP contribution in [0.4, 0.5) is 5.69 Å². The van der Waals surface area contributed by atoms with Gasteiger partial charge < -0.3 is 24.8 Å². The van der Waals surface area contributed by atoms with Crippen LogP contribution in [-0.4, -0.2) is 80.0 Å². The zero-order valence-electron chi connectivity index (χ0n) is 16.7. The average Bonchev–Trinajstić information content (AvgIpc) is 2.71. The van der Waals surface area contributed by atoms with Crippen LogP contribution in [0.15, 0.2) is 29.3 Å². The van der Waals surface area contributed by atoms with E-state index in [4.69, 9.17) is 9.73 Å². The zero-order chi connectivity index (χ0) is 19.9. The summed E-state index contributed by atoms with van der Waals surface area (Å²) >= 11 is 0. The second kappa shape index (κ2) is 9.43. The van der Waals surface area contributed by atoms with Crippen LogP contribution in [0.5, 0.6) is 5.75 Å². The van der Waals surface area contributed by atoms with Crippen LogP contribution in [0.25, 0.3) is 0 Å². The molecule has 1 saturated heterocycles. The predicted molar refractivity (Wildman–Crippen MR) is 109 cm³/mol. The van der Waals surface area contributed by atoms with Crippen molar-refractivity contribution in [1.82, 2.24) is 15.1 Å². The highest BCUT2D eigenvalue weighted by Crippen LogP contribution is 2.31. The number of ether oxygens (including phenoxy) is 1. The van der Waals surface area contributed by atoms with Crippen molar-refractivity contribution in [3.63, 3.8) is 0 Å². The molecule has 0 radical (unpaired) electrons. The highest BCUT2D eigenvalue weighted by Gasteiger charge is 2.24. The van der Waals surface area contributed by atoms with E-state index in [9.17, 15) is 9.59 Å². The lowest BCUT2D eigenvalue weighted by Crippen LogP contribution is -2.53. The van der Waals surface area contributed by atoms with E-state index in [1.807, 2.05) is 36.1 Å². The van der Waals surface area contributed by atoms with E-state index in [1.165, 1.54) is 0 Å². The molecule has 8 heteroatoms. The van der Waals surface area contributed by atoms with Crippen molar-refractivity contribution in [3.8, 4) is 5.75 Å². The van der Waals surface area contributed by atoms with Crippen molar-refractivity contribution in [2.75, 3.05) is 57.3 Å². The Kier molecular flexibility index (Phi) is 6.73. The van der Waals surface area contributed by atoms with Crippen molar-refractivity contribution in [3.05, 3.63) is 24.3 Å². The minimum absolute atomic E-state index is 0.0186. The molecule has 0 unspecified atom stereocenters. The summed E-state index contributed by atoms with van der Waals surface area (Å²) in [6, 6.07) is 7.62. The molecule has 1 aromatic carbocycles. The maximum Gasteiger partial charge on any atom is 0.265 e. The van der Waals surface area contributed by atoms with Crippen molar-refractivity contribution in [2.24, 2.45) is 4.99 Å². The molecule has 0 bridgehead atoms. The van der Waals surface area contributed by atoms with Gasteiger partial charge in [0.15, 0.2) is 12.6 Å². The number of hydrogen-bond donors (Lipinski definition) is 1. The SMILES string of the molecule is CCNC(=NCCCN1C(=O)COc2ccccc21)N1CCN(C(C)=O)CC1. The quantitative estimate of drug-likeness (QED) is 0.462. The molecule has 28 heavy (non-hydrogen) atoms. The summed E-state index contributed by atoms with van der Waals surface area (Å²) < 4.78 is 5.48. The smallest absolute Gasteiger partial charge is 0.265 e. The summed E-state index contributed by atoms with van der Waals surface area (Å²) in [6.45, 7) is 8.77. The van der Waals surface area contributed by atoms with Crippen LogP contribution in [-0.2, 0) is 9.59 Å². The molecule has 8 nitrogen and oxygen atoms in total. The number of rotatable bonds is 5. The summed E-state index contributed by atoms with van der Waals surface area (Å²) in [5.74, 6) is 1.73. The van der Waals surface area contributed by atoms with Crippen molar-refractivity contribution < 1.29 is 14.3 Å². The third-order valence-corrected chi connectivity index (χ3v) is 4.97. The van der Waals surface area contributed by atoms with Gasteiger partial charge in [-0.05, 0) is 25.5 Å². The van der Waals surface area contributed by atoms with Crippen LogP contribution >= 0.6 is 0 Å². The van der Waals surface area contributed by atoms with Gasteiger partial charge in [0.05, 0.1) is 5.69 Å². The lowest BCUT2D eigenvalue weighted by atomic mass is 10.2. The van der Waals surface area contributed by atoms with Gasteiger partial charge in [0.25, 0.3) is 5.91 Å². The molecule has 2 aliphatic rings. The fourth-order valence-corrected chi connectivity index (χ4v) is 3.47. The average molecular weight is 387 g/mol. The minimum Gasteiger partial charge on any atom is -0.482 e. The standard InChI is InChI=1S/C20H29N5O3/c1-3-21-20(24-13-11-23(12-14-24)16(2)26)22-9-6-10-25-17-7-4-5-8-18(17)28-15-19(25)27/h4-5,7-8H,3,6,9-15H2,1-2H3,(H,21,22). The van der Waals surface area contributed by atoms with Gasteiger partial charge in [-0.25, -0.2) is 0 Å². The number of benzene rings is 1. The minimum atomic E-state index is -0.0186. The van der Waals surface area contributed by atoms with Gasteiger partial charge in [-0.1, -0.05) is 12.1 Å². The zero-order valence-corrected chi connectivity index (χ0v) is 16.7. The first-order valence-corrected chi connectivity index (χ1v) is 9.91. The predicted octanol–water partition coefficient (Wildman–Crippen LogP) is 0.932. The number of para-hydroxylation sites is 2. The van der Waals surface area contributed by atoms with Gasteiger partial charge in [0.1, 0.15) is 5.75 Å². The van der Waals surface area contributed by atoms with Crippen LogP contribution in [0.2, 0.25) is 0 Å². The number of carbonyl (C=O) groups is 2. The Morgan fingerprint density at radius 2 is 1.89 bits per heavy atom. The summed E-state index contributed by atoms with van der Waals surface area (Å²) in [4.78, 5) is 34.3. The molecular formula is C20H29N5O3. The number of anilines is 1. The number of guanidine groups is 1. The Morgan fingerprint density at radius 1 is 1.18 bits per heavy atom. The number of carbonyl (C=O) groups excluding carboxylic acids is 2. The molecular weight excluding hydrogens is 358 g/mol. The molecule has 2 heterocycles. The molecule has 0 aromatic heterocycles. The second-order valence-electron chi connectivity index (χ2n) is 6.88. The molecule has 0 spiro atoms.